The number of rotatable bonds is 8. The topological polar surface area (TPSA) is 55.8 Å². The Hall–Kier alpha value is -2.79. The van der Waals surface area contributed by atoms with Crippen molar-refractivity contribution in [2.24, 2.45) is 5.92 Å². The molecule has 1 amide bonds. The Morgan fingerprint density at radius 2 is 1.72 bits per heavy atom. The number of likely N-dealkylation sites (N-methyl/N-ethyl adjacent to an activating group) is 1. The number of carbonyl (C=O) groups excluding carboxylic acids is 1. The molecule has 1 unspecified atom stereocenters. The molecule has 5 nitrogen and oxygen atoms in total. The van der Waals surface area contributed by atoms with E-state index in [-0.39, 0.29) is 17.6 Å². The minimum absolute atomic E-state index is 0.107. The standard InChI is InChI=1S/C25H31N3O2.C2H6/c1-4-27(5-2)14-15-28-18(3)26-25(24(28)30,21-12-13-21)22-10-6-8-19(16-22)20-9-7-11-23(29)17-20;1-2/h6-11,16-17,21,26,29H,3-5,12-15H2,1-2H3;1-2H3. The second kappa shape index (κ2) is 10.2. The Kier molecular flexibility index (Phi) is 7.62. The average Bonchev–Trinajstić information content (AvgIpc) is 3.64. The van der Waals surface area contributed by atoms with Crippen LogP contribution in [-0.2, 0) is 10.3 Å². The third-order valence-electron chi connectivity index (χ3n) is 6.47. The molecule has 0 spiro atoms. The molecule has 1 saturated carbocycles. The molecule has 4 rings (SSSR count). The van der Waals surface area contributed by atoms with E-state index in [4.69, 9.17) is 0 Å². The normalized spacial score (nSPS) is 20.2. The minimum Gasteiger partial charge on any atom is -0.508 e. The Bertz CT molecular complexity index is 949. The highest BCUT2D eigenvalue weighted by Gasteiger charge is 2.58. The molecule has 2 N–H and O–H groups in total. The van der Waals surface area contributed by atoms with Crippen molar-refractivity contribution in [3.63, 3.8) is 0 Å². The lowest BCUT2D eigenvalue weighted by atomic mass is 9.83. The van der Waals surface area contributed by atoms with E-state index in [1.165, 1.54) is 0 Å². The van der Waals surface area contributed by atoms with E-state index in [0.717, 1.165) is 49.2 Å². The van der Waals surface area contributed by atoms with Gasteiger partial charge >= 0.3 is 0 Å². The molecule has 2 aliphatic rings. The smallest absolute Gasteiger partial charge is 0.258 e. The van der Waals surface area contributed by atoms with Gasteiger partial charge in [0.2, 0.25) is 0 Å². The summed E-state index contributed by atoms with van der Waals surface area (Å²) in [5, 5.41) is 13.4. The zero-order chi connectivity index (χ0) is 23.3. The fourth-order valence-corrected chi connectivity index (χ4v) is 4.56. The quantitative estimate of drug-likeness (QED) is 0.617. The Morgan fingerprint density at radius 1 is 1.09 bits per heavy atom. The lowest BCUT2D eigenvalue weighted by Gasteiger charge is -2.29. The molecule has 2 fully saturated rings. The van der Waals surface area contributed by atoms with Crippen molar-refractivity contribution >= 4 is 5.91 Å². The average molecular weight is 436 g/mol. The highest BCUT2D eigenvalue weighted by molar-refractivity contribution is 5.93. The van der Waals surface area contributed by atoms with E-state index >= 15 is 0 Å². The Morgan fingerprint density at radius 3 is 2.31 bits per heavy atom. The number of phenolic OH excluding ortho intramolecular Hbond substituents is 1. The molecule has 1 saturated heterocycles. The van der Waals surface area contributed by atoms with E-state index in [1.54, 1.807) is 12.1 Å². The van der Waals surface area contributed by atoms with Gasteiger partial charge in [0.1, 0.15) is 17.1 Å². The first-order valence-corrected chi connectivity index (χ1v) is 11.9. The molecular formula is C27H37N3O2. The lowest BCUT2D eigenvalue weighted by molar-refractivity contribution is -0.133. The molecule has 0 aromatic heterocycles. The fraction of sp³-hybridized carbons (Fsp3) is 0.444. The van der Waals surface area contributed by atoms with Gasteiger partial charge in [0, 0.05) is 13.1 Å². The number of nitrogens with zero attached hydrogens (tertiary/aromatic N) is 2. The molecule has 1 aliphatic heterocycles. The van der Waals surface area contributed by atoms with Gasteiger partial charge in [0.05, 0.1) is 0 Å². The van der Waals surface area contributed by atoms with E-state index < -0.39 is 5.54 Å². The maximum absolute atomic E-state index is 13.8. The van der Waals surface area contributed by atoms with Crippen LogP contribution in [0.3, 0.4) is 0 Å². The Balaban J connectivity index is 0.00000141. The summed E-state index contributed by atoms with van der Waals surface area (Å²) in [6.07, 6.45) is 2.07. The monoisotopic (exact) mass is 435 g/mol. The zero-order valence-electron chi connectivity index (χ0n) is 19.9. The maximum atomic E-state index is 13.8. The predicted octanol–water partition coefficient (Wildman–Crippen LogP) is 4.94. The molecule has 2 aromatic carbocycles. The van der Waals surface area contributed by atoms with Crippen LogP contribution in [-0.4, -0.2) is 47.0 Å². The van der Waals surface area contributed by atoms with Gasteiger partial charge in [-0.1, -0.05) is 64.6 Å². The third kappa shape index (κ3) is 4.53. The third-order valence-corrected chi connectivity index (χ3v) is 6.47. The van der Waals surface area contributed by atoms with Crippen LogP contribution >= 0.6 is 0 Å². The van der Waals surface area contributed by atoms with Crippen molar-refractivity contribution in [3.05, 3.63) is 66.5 Å². The molecule has 2 aromatic rings. The number of phenols is 1. The van der Waals surface area contributed by atoms with Gasteiger partial charge in [-0.05, 0) is 66.7 Å². The van der Waals surface area contributed by atoms with Crippen LogP contribution in [0.4, 0.5) is 0 Å². The lowest BCUT2D eigenvalue weighted by Crippen LogP contribution is -2.46. The van der Waals surface area contributed by atoms with Crippen molar-refractivity contribution in [1.82, 2.24) is 15.1 Å². The van der Waals surface area contributed by atoms with Crippen molar-refractivity contribution < 1.29 is 9.90 Å². The second-order valence-corrected chi connectivity index (χ2v) is 8.27. The largest absolute Gasteiger partial charge is 0.508 e. The maximum Gasteiger partial charge on any atom is 0.258 e. The van der Waals surface area contributed by atoms with Gasteiger partial charge in [-0.15, -0.1) is 0 Å². The first-order valence-electron chi connectivity index (χ1n) is 11.9. The summed E-state index contributed by atoms with van der Waals surface area (Å²) in [5.41, 5.74) is 2.16. The number of carbonyl (C=O) groups is 1. The van der Waals surface area contributed by atoms with Crippen molar-refractivity contribution in [2.75, 3.05) is 26.2 Å². The molecule has 0 radical (unpaired) electrons. The molecule has 5 heteroatoms. The van der Waals surface area contributed by atoms with Crippen LogP contribution < -0.4 is 5.32 Å². The van der Waals surface area contributed by atoms with Gasteiger partial charge < -0.3 is 15.3 Å². The first-order chi connectivity index (χ1) is 15.5. The number of hydrogen-bond donors (Lipinski definition) is 2. The number of aromatic hydroxyl groups is 1. The first kappa shape index (κ1) is 23.9. The van der Waals surface area contributed by atoms with Gasteiger partial charge in [0.25, 0.3) is 5.91 Å². The highest BCUT2D eigenvalue weighted by Crippen LogP contribution is 2.50. The van der Waals surface area contributed by atoms with Crippen LogP contribution in [0.15, 0.2) is 60.9 Å². The summed E-state index contributed by atoms with van der Waals surface area (Å²) in [6.45, 7) is 15.9. The summed E-state index contributed by atoms with van der Waals surface area (Å²) >= 11 is 0. The van der Waals surface area contributed by atoms with E-state index in [0.29, 0.717) is 12.4 Å². The zero-order valence-corrected chi connectivity index (χ0v) is 19.9. The van der Waals surface area contributed by atoms with E-state index in [9.17, 15) is 9.90 Å². The summed E-state index contributed by atoms with van der Waals surface area (Å²) in [5.74, 6) is 1.32. The summed E-state index contributed by atoms with van der Waals surface area (Å²) in [4.78, 5) is 17.9. The minimum atomic E-state index is -0.743. The fourth-order valence-electron chi connectivity index (χ4n) is 4.56. The molecule has 0 bridgehead atoms. The second-order valence-electron chi connectivity index (χ2n) is 8.27. The van der Waals surface area contributed by atoms with Gasteiger partial charge in [0.15, 0.2) is 0 Å². The summed E-state index contributed by atoms with van der Waals surface area (Å²) < 4.78 is 0. The van der Waals surface area contributed by atoms with Crippen LogP contribution in [0, 0.1) is 5.92 Å². The highest BCUT2D eigenvalue weighted by atomic mass is 16.3. The van der Waals surface area contributed by atoms with Crippen LogP contribution in [0.1, 0.15) is 46.1 Å². The van der Waals surface area contributed by atoms with Crippen molar-refractivity contribution in [2.45, 2.75) is 46.1 Å². The van der Waals surface area contributed by atoms with Gasteiger partial charge in [-0.25, -0.2) is 0 Å². The molecule has 172 valence electrons. The number of benzene rings is 2. The van der Waals surface area contributed by atoms with Crippen molar-refractivity contribution in [1.29, 1.82) is 0 Å². The van der Waals surface area contributed by atoms with Crippen LogP contribution in [0.25, 0.3) is 11.1 Å². The van der Waals surface area contributed by atoms with Gasteiger partial charge in [-0.3, -0.25) is 9.69 Å². The number of amides is 1. The molecule has 1 atom stereocenters. The molecular weight excluding hydrogens is 398 g/mol. The van der Waals surface area contributed by atoms with Crippen LogP contribution in [0.2, 0.25) is 0 Å². The van der Waals surface area contributed by atoms with E-state index in [1.807, 2.05) is 49.1 Å². The number of nitrogens with one attached hydrogen (secondary N) is 1. The SMILES string of the molecule is C=C1NC(c2cccc(-c3cccc(O)c3)c2)(C2CC2)C(=O)N1CCN(CC)CC.CC. The molecule has 1 heterocycles. The van der Waals surface area contributed by atoms with E-state index in [2.05, 4.69) is 36.7 Å². The predicted molar refractivity (Wildman–Crippen MR) is 131 cm³/mol. The molecule has 1 aliphatic carbocycles. The summed E-state index contributed by atoms with van der Waals surface area (Å²) in [7, 11) is 0. The van der Waals surface area contributed by atoms with Gasteiger partial charge in [-0.2, -0.15) is 0 Å². The number of hydrogen-bond acceptors (Lipinski definition) is 4. The summed E-state index contributed by atoms with van der Waals surface area (Å²) in [6, 6.07) is 15.4. The molecule has 32 heavy (non-hydrogen) atoms. The van der Waals surface area contributed by atoms with Crippen molar-refractivity contribution in [3.8, 4) is 16.9 Å². The van der Waals surface area contributed by atoms with Crippen LogP contribution in [0.5, 0.6) is 5.75 Å². The Labute approximate surface area is 192 Å².